The Hall–Kier alpha value is -0.870. The minimum atomic E-state index is 0.296. The van der Waals surface area contributed by atoms with Gasteiger partial charge in [-0.05, 0) is 19.4 Å². The number of likely N-dealkylation sites (tertiary alicyclic amines) is 1. The van der Waals surface area contributed by atoms with Gasteiger partial charge in [-0.25, -0.2) is 4.98 Å². The van der Waals surface area contributed by atoms with Crippen LogP contribution in [-0.2, 0) is 6.54 Å². The molecule has 0 saturated carbocycles. The third kappa shape index (κ3) is 2.13. The van der Waals surface area contributed by atoms with Crippen LogP contribution >= 0.6 is 0 Å². The lowest BCUT2D eigenvalue weighted by Gasteiger charge is -2.22. The molecule has 2 heterocycles. The molecular weight excluding hydrogens is 178 g/mol. The molecule has 0 radical (unpaired) electrons. The van der Waals surface area contributed by atoms with Crippen molar-refractivity contribution in [3.63, 3.8) is 0 Å². The van der Waals surface area contributed by atoms with Gasteiger partial charge in [0.1, 0.15) is 0 Å². The molecule has 0 spiro atoms. The van der Waals surface area contributed by atoms with E-state index >= 15 is 0 Å². The van der Waals surface area contributed by atoms with Crippen molar-refractivity contribution in [3.05, 3.63) is 18.7 Å². The molecule has 1 aromatic rings. The van der Waals surface area contributed by atoms with Gasteiger partial charge in [-0.15, -0.1) is 0 Å². The summed E-state index contributed by atoms with van der Waals surface area (Å²) in [6.07, 6.45) is 7.97. The van der Waals surface area contributed by atoms with Gasteiger partial charge in [0, 0.05) is 31.5 Å². The summed E-state index contributed by atoms with van der Waals surface area (Å²) in [7, 11) is 0. The highest BCUT2D eigenvalue weighted by molar-refractivity contribution is 4.80. The van der Waals surface area contributed by atoms with Crippen molar-refractivity contribution in [1.29, 1.82) is 0 Å². The molecule has 0 bridgehead atoms. The summed E-state index contributed by atoms with van der Waals surface area (Å²) in [6.45, 7) is 3.40. The lowest BCUT2D eigenvalue weighted by atomic mass is 10.2. The maximum Gasteiger partial charge on any atom is 0.0946 e. The molecule has 14 heavy (non-hydrogen) atoms. The maximum absolute atomic E-state index is 9.13. The number of hydrogen-bond donors (Lipinski definition) is 1. The Morgan fingerprint density at radius 3 is 3.07 bits per heavy atom. The number of nitrogens with zero attached hydrogens (tertiary/aromatic N) is 3. The van der Waals surface area contributed by atoms with E-state index in [1.54, 1.807) is 6.20 Å². The number of aromatic nitrogens is 2. The highest BCUT2D eigenvalue weighted by Gasteiger charge is 2.22. The fourth-order valence-corrected chi connectivity index (χ4v) is 2.06. The van der Waals surface area contributed by atoms with Crippen molar-refractivity contribution in [2.75, 3.05) is 19.7 Å². The molecule has 1 aromatic heterocycles. The van der Waals surface area contributed by atoms with Crippen LogP contribution in [0.1, 0.15) is 12.8 Å². The van der Waals surface area contributed by atoms with E-state index in [0.717, 1.165) is 26.1 Å². The molecule has 4 heteroatoms. The second-order valence-electron chi connectivity index (χ2n) is 3.82. The fourth-order valence-electron chi connectivity index (χ4n) is 2.06. The Balaban J connectivity index is 1.80. The first-order valence-electron chi connectivity index (χ1n) is 5.21. The van der Waals surface area contributed by atoms with E-state index in [0.29, 0.717) is 12.6 Å². The lowest BCUT2D eigenvalue weighted by Crippen LogP contribution is -2.34. The van der Waals surface area contributed by atoms with Crippen LogP contribution in [-0.4, -0.2) is 45.3 Å². The Morgan fingerprint density at radius 1 is 1.43 bits per heavy atom. The zero-order valence-corrected chi connectivity index (χ0v) is 8.34. The van der Waals surface area contributed by atoms with Gasteiger partial charge in [0.25, 0.3) is 0 Å². The zero-order valence-electron chi connectivity index (χ0n) is 8.34. The predicted octanol–water partition coefficient (Wildman–Crippen LogP) is 0.340. The van der Waals surface area contributed by atoms with Crippen LogP contribution in [0.25, 0.3) is 0 Å². The third-order valence-electron chi connectivity index (χ3n) is 2.91. The second-order valence-corrected chi connectivity index (χ2v) is 3.82. The number of hydrogen-bond acceptors (Lipinski definition) is 3. The molecule has 1 fully saturated rings. The average Bonchev–Trinajstić information content (AvgIpc) is 2.85. The lowest BCUT2D eigenvalue weighted by molar-refractivity contribution is 0.155. The highest BCUT2D eigenvalue weighted by Crippen LogP contribution is 2.15. The summed E-state index contributed by atoms with van der Waals surface area (Å²) in [4.78, 5) is 6.36. The molecule has 0 aliphatic carbocycles. The van der Waals surface area contributed by atoms with E-state index in [-0.39, 0.29) is 0 Å². The van der Waals surface area contributed by atoms with Crippen molar-refractivity contribution in [3.8, 4) is 0 Å². The molecule has 0 unspecified atom stereocenters. The van der Waals surface area contributed by atoms with Crippen molar-refractivity contribution in [2.24, 2.45) is 0 Å². The minimum absolute atomic E-state index is 0.296. The Morgan fingerprint density at radius 2 is 2.36 bits per heavy atom. The molecule has 1 N–H and O–H groups in total. The second kappa shape index (κ2) is 4.57. The first kappa shape index (κ1) is 9.68. The van der Waals surface area contributed by atoms with Gasteiger partial charge >= 0.3 is 0 Å². The van der Waals surface area contributed by atoms with Gasteiger partial charge in [-0.2, -0.15) is 0 Å². The summed E-state index contributed by atoms with van der Waals surface area (Å²) in [5.41, 5.74) is 0. The summed E-state index contributed by atoms with van der Waals surface area (Å²) < 4.78 is 2.08. The number of imidazole rings is 1. The van der Waals surface area contributed by atoms with Gasteiger partial charge in [0.15, 0.2) is 0 Å². The summed E-state index contributed by atoms with van der Waals surface area (Å²) in [5, 5.41) is 9.13. The van der Waals surface area contributed by atoms with E-state index in [1.807, 2.05) is 12.5 Å². The van der Waals surface area contributed by atoms with Crippen LogP contribution < -0.4 is 0 Å². The molecule has 1 atom stereocenters. The molecule has 1 aliphatic rings. The van der Waals surface area contributed by atoms with E-state index < -0.39 is 0 Å². The van der Waals surface area contributed by atoms with Crippen molar-refractivity contribution < 1.29 is 5.11 Å². The molecule has 1 saturated heterocycles. The smallest absolute Gasteiger partial charge is 0.0946 e. The van der Waals surface area contributed by atoms with E-state index in [9.17, 15) is 0 Å². The Bertz CT molecular complexity index is 260. The molecular formula is C10H17N3O. The van der Waals surface area contributed by atoms with Gasteiger partial charge in [0.2, 0.25) is 0 Å². The molecule has 0 amide bonds. The highest BCUT2D eigenvalue weighted by atomic mass is 16.3. The van der Waals surface area contributed by atoms with Gasteiger partial charge in [-0.1, -0.05) is 0 Å². The molecule has 4 nitrogen and oxygen atoms in total. The predicted molar refractivity (Wildman–Crippen MR) is 53.9 cm³/mol. The number of aliphatic hydroxyl groups is 1. The fraction of sp³-hybridized carbons (Fsp3) is 0.700. The van der Waals surface area contributed by atoms with Gasteiger partial charge in [0.05, 0.1) is 12.9 Å². The largest absolute Gasteiger partial charge is 0.395 e. The van der Waals surface area contributed by atoms with E-state index in [1.165, 1.54) is 6.42 Å². The quantitative estimate of drug-likeness (QED) is 0.753. The SMILES string of the molecule is OC[C@@H]1CCCN1CCn1ccnc1. The van der Waals surface area contributed by atoms with Crippen molar-refractivity contribution in [2.45, 2.75) is 25.4 Å². The first-order chi connectivity index (χ1) is 6.90. The maximum atomic E-state index is 9.13. The third-order valence-corrected chi connectivity index (χ3v) is 2.91. The van der Waals surface area contributed by atoms with E-state index in [2.05, 4.69) is 14.5 Å². The van der Waals surface area contributed by atoms with Crippen LogP contribution in [0, 0.1) is 0 Å². The van der Waals surface area contributed by atoms with Crippen LogP contribution in [0.3, 0.4) is 0 Å². The van der Waals surface area contributed by atoms with Gasteiger partial charge < -0.3 is 9.67 Å². The minimum Gasteiger partial charge on any atom is -0.395 e. The van der Waals surface area contributed by atoms with Crippen LogP contribution in [0.5, 0.6) is 0 Å². The van der Waals surface area contributed by atoms with Crippen LogP contribution in [0.4, 0.5) is 0 Å². The normalized spacial score (nSPS) is 23.1. The summed E-state index contributed by atoms with van der Waals surface area (Å²) >= 11 is 0. The molecule has 1 aliphatic heterocycles. The summed E-state index contributed by atoms with van der Waals surface area (Å²) in [6, 6.07) is 0.388. The molecule has 0 aromatic carbocycles. The number of aliphatic hydroxyl groups excluding tert-OH is 1. The first-order valence-corrected chi connectivity index (χ1v) is 5.21. The van der Waals surface area contributed by atoms with Gasteiger partial charge in [-0.3, -0.25) is 4.90 Å². The molecule has 2 rings (SSSR count). The standard InChI is InChI=1S/C10H17N3O/c14-8-10-2-1-4-13(10)7-6-12-5-3-11-9-12/h3,5,9-10,14H,1-2,4,6-8H2/t10-/m0/s1. The van der Waals surface area contributed by atoms with Crippen molar-refractivity contribution >= 4 is 0 Å². The van der Waals surface area contributed by atoms with Crippen molar-refractivity contribution in [1.82, 2.24) is 14.5 Å². The van der Waals surface area contributed by atoms with Crippen LogP contribution in [0.15, 0.2) is 18.7 Å². The van der Waals surface area contributed by atoms with E-state index in [4.69, 9.17) is 5.11 Å². The number of rotatable bonds is 4. The summed E-state index contributed by atoms with van der Waals surface area (Å²) in [5.74, 6) is 0. The topological polar surface area (TPSA) is 41.3 Å². The Labute approximate surface area is 84.2 Å². The van der Waals surface area contributed by atoms with Crippen LogP contribution in [0.2, 0.25) is 0 Å². The Kier molecular flexibility index (Phi) is 3.16. The molecule has 78 valence electrons. The zero-order chi connectivity index (χ0) is 9.80. The monoisotopic (exact) mass is 195 g/mol. The average molecular weight is 195 g/mol.